The van der Waals surface area contributed by atoms with E-state index < -0.39 is 0 Å². The van der Waals surface area contributed by atoms with Gasteiger partial charge in [-0.15, -0.1) is 24.8 Å². The molecule has 2 aliphatic rings. The van der Waals surface area contributed by atoms with Crippen molar-refractivity contribution in [2.45, 2.75) is 31.7 Å². The molecule has 1 N–H and O–H groups in total. The molecule has 1 saturated heterocycles. The highest BCUT2D eigenvalue weighted by atomic mass is 35.5. The predicted octanol–water partition coefficient (Wildman–Crippen LogP) is 3.64. The fourth-order valence-corrected chi connectivity index (χ4v) is 4.59. The highest BCUT2D eigenvalue weighted by Crippen LogP contribution is 2.43. The van der Waals surface area contributed by atoms with Gasteiger partial charge in [0.2, 0.25) is 0 Å². The Bertz CT molecular complexity index is 474. The fraction of sp³-hybridized carbons (Fsp3) is 0.714. The van der Waals surface area contributed by atoms with E-state index in [0.717, 1.165) is 26.2 Å². The quantitative estimate of drug-likeness (QED) is 0.651. The van der Waals surface area contributed by atoms with Gasteiger partial charge in [0.15, 0.2) is 0 Å². The second-order valence-electron chi connectivity index (χ2n) is 5.71. The third-order valence-corrected chi connectivity index (χ3v) is 5.58. The molecule has 1 atom stereocenters. The Kier molecular flexibility index (Phi) is 8.07. The van der Waals surface area contributed by atoms with Crippen LogP contribution in [0.3, 0.4) is 0 Å². The van der Waals surface area contributed by atoms with Crippen LogP contribution in [-0.2, 0) is 0 Å². The van der Waals surface area contributed by atoms with E-state index in [1.165, 1.54) is 41.9 Å². The van der Waals surface area contributed by atoms with Crippen LogP contribution in [0.2, 0.25) is 0 Å². The van der Waals surface area contributed by atoms with Gasteiger partial charge < -0.3 is 5.32 Å². The zero-order valence-corrected chi connectivity index (χ0v) is 14.9. The van der Waals surface area contributed by atoms with Crippen molar-refractivity contribution in [2.75, 3.05) is 26.2 Å². The molecule has 1 aromatic rings. The first-order valence-corrected chi connectivity index (χ1v) is 8.26. The zero-order valence-electron chi connectivity index (χ0n) is 12.4. The molecule has 1 aliphatic carbocycles. The SMILES string of the molecule is Cl.Cl.O=[N+]([O-])c1ccc([C@H](C2CCCC2)N2CCNCC2)s1. The Morgan fingerprint density at radius 1 is 1.23 bits per heavy atom. The summed E-state index contributed by atoms with van der Waals surface area (Å²) in [6.45, 7) is 4.15. The molecule has 2 heterocycles. The van der Waals surface area contributed by atoms with Gasteiger partial charge in [-0.3, -0.25) is 15.0 Å². The zero-order chi connectivity index (χ0) is 13.9. The smallest absolute Gasteiger partial charge is 0.314 e. The van der Waals surface area contributed by atoms with Crippen molar-refractivity contribution in [3.8, 4) is 0 Å². The number of nitrogens with zero attached hydrogens (tertiary/aromatic N) is 2. The maximum Gasteiger partial charge on any atom is 0.324 e. The van der Waals surface area contributed by atoms with E-state index in [-0.39, 0.29) is 34.7 Å². The van der Waals surface area contributed by atoms with Crippen molar-refractivity contribution in [3.63, 3.8) is 0 Å². The van der Waals surface area contributed by atoms with Gasteiger partial charge in [0.1, 0.15) is 0 Å². The van der Waals surface area contributed by atoms with E-state index in [1.807, 2.05) is 6.07 Å². The Morgan fingerprint density at radius 2 is 1.86 bits per heavy atom. The summed E-state index contributed by atoms with van der Waals surface area (Å²) in [5.41, 5.74) is 0. The Morgan fingerprint density at radius 3 is 2.41 bits per heavy atom. The van der Waals surface area contributed by atoms with E-state index in [2.05, 4.69) is 10.2 Å². The van der Waals surface area contributed by atoms with Crippen molar-refractivity contribution in [3.05, 3.63) is 27.1 Å². The van der Waals surface area contributed by atoms with Crippen molar-refractivity contribution >= 4 is 41.2 Å². The third-order valence-electron chi connectivity index (χ3n) is 4.48. The summed E-state index contributed by atoms with van der Waals surface area (Å²) < 4.78 is 0. The molecule has 1 aromatic heterocycles. The molecular weight excluding hydrogens is 345 g/mol. The fourth-order valence-electron chi connectivity index (χ4n) is 3.54. The lowest BCUT2D eigenvalue weighted by molar-refractivity contribution is -0.380. The number of nitrogens with one attached hydrogen (secondary N) is 1. The summed E-state index contributed by atoms with van der Waals surface area (Å²) in [7, 11) is 0. The molecule has 0 unspecified atom stereocenters. The highest BCUT2D eigenvalue weighted by molar-refractivity contribution is 7.15. The molecule has 22 heavy (non-hydrogen) atoms. The van der Waals surface area contributed by atoms with E-state index >= 15 is 0 Å². The Hall–Kier alpha value is -0.400. The maximum absolute atomic E-state index is 10.9. The molecule has 126 valence electrons. The minimum atomic E-state index is -0.266. The average Bonchev–Trinajstić information content (AvgIpc) is 3.12. The maximum atomic E-state index is 10.9. The summed E-state index contributed by atoms with van der Waals surface area (Å²) in [5, 5.41) is 14.6. The first-order chi connectivity index (χ1) is 9.75. The standard InChI is InChI=1S/C14H21N3O2S.2ClH/c18-17(19)13-6-5-12(20-13)14(11-3-1-2-4-11)16-9-7-15-8-10-16;;/h5-6,11,14-15H,1-4,7-10H2;2*1H/t14-;;/m0../s1. The van der Waals surface area contributed by atoms with E-state index in [0.29, 0.717) is 12.0 Å². The van der Waals surface area contributed by atoms with Gasteiger partial charge in [0.05, 0.1) is 4.92 Å². The van der Waals surface area contributed by atoms with E-state index in [1.54, 1.807) is 6.07 Å². The van der Waals surface area contributed by atoms with Crippen LogP contribution in [-0.4, -0.2) is 36.0 Å². The highest BCUT2D eigenvalue weighted by Gasteiger charge is 2.33. The van der Waals surface area contributed by atoms with Crippen molar-refractivity contribution in [2.24, 2.45) is 5.92 Å². The van der Waals surface area contributed by atoms with Gasteiger partial charge in [-0.05, 0) is 24.8 Å². The van der Waals surface area contributed by atoms with Gasteiger partial charge in [0, 0.05) is 43.2 Å². The minimum Gasteiger partial charge on any atom is -0.314 e. The van der Waals surface area contributed by atoms with Crippen molar-refractivity contribution in [1.29, 1.82) is 0 Å². The number of piperazine rings is 1. The molecule has 0 amide bonds. The molecule has 0 aromatic carbocycles. The number of hydrogen-bond donors (Lipinski definition) is 1. The van der Waals surface area contributed by atoms with Gasteiger partial charge in [0.25, 0.3) is 0 Å². The molecule has 0 radical (unpaired) electrons. The number of thiophene rings is 1. The normalized spacial score (nSPS) is 20.9. The van der Waals surface area contributed by atoms with E-state index in [4.69, 9.17) is 0 Å². The summed E-state index contributed by atoms with van der Waals surface area (Å²) in [4.78, 5) is 14.4. The van der Waals surface area contributed by atoms with Gasteiger partial charge >= 0.3 is 5.00 Å². The van der Waals surface area contributed by atoms with Gasteiger partial charge in [-0.2, -0.15) is 0 Å². The average molecular weight is 368 g/mol. The van der Waals surface area contributed by atoms with Crippen LogP contribution >= 0.6 is 36.2 Å². The van der Waals surface area contributed by atoms with Crippen molar-refractivity contribution < 1.29 is 4.92 Å². The molecule has 2 fully saturated rings. The van der Waals surface area contributed by atoms with Crippen LogP contribution < -0.4 is 5.32 Å². The lowest BCUT2D eigenvalue weighted by Gasteiger charge is -2.37. The largest absolute Gasteiger partial charge is 0.324 e. The van der Waals surface area contributed by atoms with Crippen LogP contribution in [0.4, 0.5) is 5.00 Å². The first-order valence-electron chi connectivity index (χ1n) is 7.44. The van der Waals surface area contributed by atoms with E-state index in [9.17, 15) is 10.1 Å². The summed E-state index contributed by atoms with van der Waals surface area (Å²) in [6.07, 6.45) is 5.14. The first kappa shape index (κ1) is 19.6. The summed E-state index contributed by atoms with van der Waals surface area (Å²) in [6, 6.07) is 4.04. The Labute approximate surface area is 147 Å². The second kappa shape index (κ2) is 9.03. The topological polar surface area (TPSA) is 58.4 Å². The minimum absolute atomic E-state index is 0. The lowest BCUT2D eigenvalue weighted by Crippen LogP contribution is -2.46. The molecule has 1 aliphatic heterocycles. The monoisotopic (exact) mass is 367 g/mol. The summed E-state index contributed by atoms with van der Waals surface area (Å²) in [5.74, 6) is 0.673. The molecule has 0 bridgehead atoms. The van der Waals surface area contributed by atoms with Crippen LogP contribution in [0, 0.1) is 16.0 Å². The predicted molar refractivity (Wildman–Crippen MR) is 94.6 cm³/mol. The lowest BCUT2D eigenvalue weighted by atomic mass is 9.94. The second-order valence-corrected chi connectivity index (χ2v) is 6.80. The van der Waals surface area contributed by atoms with Crippen LogP contribution in [0.25, 0.3) is 0 Å². The van der Waals surface area contributed by atoms with Crippen LogP contribution in [0.15, 0.2) is 12.1 Å². The van der Waals surface area contributed by atoms with Gasteiger partial charge in [-0.1, -0.05) is 24.2 Å². The number of halogens is 2. The molecule has 8 heteroatoms. The van der Waals surface area contributed by atoms with Crippen molar-refractivity contribution in [1.82, 2.24) is 10.2 Å². The van der Waals surface area contributed by atoms with Gasteiger partial charge in [-0.25, -0.2) is 0 Å². The number of rotatable bonds is 4. The molecule has 1 saturated carbocycles. The number of hydrogen-bond acceptors (Lipinski definition) is 5. The molecular formula is C14H23Cl2N3O2S. The molecule has 0 spiro atoms. The van der Waals surface area contributed by atoms with Crippen LogP contribution in [0.1, 0.15) is 36.6 Å². The molecule has 5 nitrogen and oxygen atoms in total. The third kappa shape index (κ3) is 4.32. The molecule has 3 rings (SSSR count). The Balaban J connectivity index is 0.00000121. The van der Waals surface area contributed by atoms with Crippen LogP contribution in [0.5, 0.6) is 0 Å². The number of nitro groups is 1. The summed E-state index contributed by atoms with van der Waals surface area (Å²) >= 11 is 1.37.